The summed E-state index contributed by atoms with van der Waals surface area (Å²) < 4.78 is 0. The Morgan fingerprint density at radius 3 is 2.47 bits per heavy atom. The fourth-order valence-corrected chi connectivity index (χ4v) is 1.97. The molecule has 0 aliphatic rings. The van der Waals surface area contributed by atoms with Crippen molar-refractivity contribution in [2.24, 2.45) is 0 Å². The molecule has 0 fully saturated rings. The number of hydrogen-bond donors (Lipinski definition) is 0. The van der Waals surface area contributed by atoms with Crippen LogP contribution in [0.15, 0.2) is 18.2 Å². The zero-order valence-electron chi connectivity index (χ0n) is 12.1. The fourth-order valence-electron chi connectivity index (χ4n) is 1.97. The Bertz CT molecular complexity index is 455. The van der Waals surface area contributed by atoms with Crippen LogP contribution in [-0.2, 0) is 4.79 Å². The first kappa shape index (κ1) is 15.2. The third-order valence-electron chi connectivity index (χ3n) is 3.02. The van der Waals surface area contributed by atoms with Crippen molar-refractivity contribution < 1.29 is 9.59 Å². The van der Waals surface area contributed by atoms with Crippen LogP contribution in [0.4, 0.5) is 5.69 Å². The van der Waals surface area contributed by atoms with Crippen LogP contribution in [0.25, 0.3) is 0 Å². The molecule has 0 aliphatic carbocycles. The first-order chi connectivity index (χ1) is 8.99. The predicted molar refractivity (Wildman–Crippen MR) is 77.8 cm³/mol. The zero-order valence-corrected chi connectivity index (χ0v) is 12.1. The van der Waals surface area contributed by atoms with Gasteiger partial charge < -0.3 is 9.80 Å². The number of nitrogens with zero attached hydrogens (tertiary/aromatic N) is 2. The molecule has 1 amide bonds. The zero-order chi connectivity index (χ0) is 14.4. The summed E-state index contributed by atoms with van der Waals surface area (Å²) in [5.41, 5.74) is 2.70. The van der Waals surface area contributed by atoms with Crippen molar-refractivity contribution in [3.05, 3.63) is 29.3 Å². The minimum absolute atomic E-state index is 0.0762. The van der Waals surface area contributed by atoms with Gasteiger partial charge in [0.2, 0.25) is 5.91 Å². The average molecular weight is 262 g/mol. The van der Waals surface area contributed by atoms with Gasteiger partial charge in [0.15, 0.2) is 0 Å². The van der Waals surface area contributed by atoms with E-state index in [0.717, 1.165) is 30.5 Å². The summed E-state index contributed by atoms with van der Waals surface area (Å²) in [6, 6.07) is 5.56. The number of likely N-dealkylation sites (N-methyl/N-ethyl adjacent to an activating group) is 1. The van der Waals surface area contributed by atoms with Crippen LogP contribution in [0.1, 0.15) is 29.3 Å². The molecule has 1 aromatic rings. The van der Waals surface area contributed by atoms with Crippen LogP contribution in [0.2, 0.25) is 0 Å². The number of carbonyl (C=O) groups excluding carboxylic acids is 2. The molecule has 4 heteroatoms. The van der Waals surface area contributed by atoms with Crippen molar-refractivity contribution >= 4 is 17.9 Å². The number of rotatable bonds is 6. The maximum Gasteiger partial charge on any atom is 0.241 e. The van der Waals surface area contributed by atoms with Crippen LogP contribution < -0.4 is 4.90 Å². The molecule has 104 valence electrons. The van der Waals surface area contributed by atoms with Gasteiger partial charge in [0.1, 0.15) is 6.29 Å². The summed E-state index contributed by atoms with van der Waals surface area (Å²) in [6.45, 7) is 5.23. The van der Waals surface area contributed by atoms with Gasteiger partial charge in [0.05, 0.1) is 6.54 Å². The maximum absolute atomic E-state index is 11.9. The van der Waals surface area contributed by atoms with E-state index in [1.807, 2.05) is 19.1 Å². The van der Waals surface area contributed by atoms with Gasteiger partial charge in [-0.1, -0.05) is 6.92 Å². The van der Waals surface area contributed by atoms with Gasteiger partial charge >= 0.3 is 0 Å². The molecular weight excluding hydrogens is 240 g/mol. The van der Waals surface area contributed by atoms with E-state index in [1.165, 1.54) is 0 Å². The number of carbonyl (C=O) groups is 2. The number of amides is 1. The lowest BCUT2D eigenvalue weighted by Crippen LogP contribution is -2.37. The van der Waals surface area contributed by atoms with Gasteiger partial charge in [-0.3, -0.25) is 9.59 Å². The number of benzene rings is 1. The van der Waals surface area contributed by atoms with E-state index in [2.05, 4.69) is 11.8 Å². The highest BCUT2D eigenvalue weighted by molar-refractivity contribution is 5.82. The van der Waals surface area contributed by atoms with Crippen molar-refractivity contribution in [2.45, 2.75) is 20.3 Å². The summed E-state index contributed by atoms with van der Waals surface area (Å²) in [5, 5.41) is 0. The molecule has 0 N–H and O–H groups in total. The van der Waals surface area contributed by atoms with E-state index in [4.69, 9.17) is 0 Å². The average Bonchev–Trinajstić information content (AvgIpc) is 2.37. The Hall–Kier alpha value is -1.84. The second-order valence-corrected chi connectivity index (χ2v) is 4.87. The Morgan fingerprint density at radius 1 is 1.32 bits per heavy atom. The molecule has 0 heterocycles. The minimum Gasteiger partial charge on any atom is -0.362 e. The molecule has 0 atom stereocenters. The Labute approximate surface area is 115 Å². The Balaban J connectivity index is 2.98. The molecule has 0 bridgehead atoms. The second-order valence-electron chi connectivity index (χ2n) is 4.87. The SMILES string of the molecule is CCCN(CC(=O)N(C)C)c1ccc(C=O)cc1C. The molecule has 0 unspecified atom stereocenters. The highest BCUT2D eigenvalue weighted by Crippen LogP contribution is 2.21. The van der Waals surface area contributed by atoms with E-state index in [1.54, 1.807) is 25.1 Å². The molecule has 1 aromatic carbocycles. The van der Waals surface area contributed by atoms with E-state index >= 15 is 0 Å². The van der Waals surface area contributed by atoms with Gasteiger partial charge in [-0.05, 0) is 37.1 Å². The summed E-state index contributed by atoms with van der Waals surface area (Å²) in [4.78, 5) is 26.3. The lowest BCUT2D eigenvalue weighted by Gasteiger charge is -2.27. The quantitative estimate of drug-likeness (QED) is 0.737. The Kier molecular flexibility index (Phi) is 5.55. The van der Waals surface area contributed by atoms with E-state index in [0.29, 0.717) is 12.1 Å². The van der Waals surface area contributed by atoms with Crippen LogP contribution in [-0.4, -0.2) is 44.3 Å². The topological polar surface area (TPSA) is 40.6 Å². The standard InChI is InChI=1S/C15H22N2O2/c1-5-8-17(10-15(19)16(3)4)14-7-6-13(11-18)9-12(14)2/h6-7,9,11H,5,8,10H2,1-4H3. The molecule has 1 rings (SSSR count). The van der Waals surface area contributed by atoms with E-state index in [-0.39, 0.29) is 5.91 Å². The van der Waals surface area contributed by atoms with Crippen molar-refractivity contribution in [3.8, 4) is 0 Å². The minimum atomic E-state index is 0.0762. The van der Waals surface area contributed by atoms with Crippen LogP contribution in [0.5, 0.6) is 0 Å². The molecule has 0 saturated heterocycles. The predicted octanol–water partition coefficient (Wildman–Crippen LogP) is 2.11. The lowest BCUT2D eigenvalue weighted by atomic mass is 10.1. The molecule has 4 nitrogen and oxygen atoms in total. The van der Waals surface area contributed by atoms with Crippen molar-refractivity contribution in [2.75, 3.05) is 32.1 Å². The fraction of sp³-hybridized carbons (Fsp3) is 0.467. The first-order valence-corrected chi connectivity index (χ1v) is 6.50. The summed E-state index contributed by atoms with van der Waals surface area (Å²) in [5.74, 6) is 0.0762. The highest BCUT2D eigenvalue weighted by Gasteiger charge is 2.14. The maximum atomic E-state index is 11.9. The second kappa shape index (κ2) is 6.92. The van der Waals surface area contributed by atoms with E-state index in [9.17, 15) is 9.59 Å². The number of aldehydes is 1. The molecule has 0 radical (unpaired) electrons. The van der Waals surface area contributed by atoms with Crippen LogP contribution in [0.3, 0.4) is 0 Å². The molecule has 0 spiro atoms. The number of aryl methyl sites for hydroxylation is 1. The van der Waals surface area contributed by atoms with Gasteiger partial charge in [0, 0.05) is 31.9 Å². The third kappa shape index (κ3) is 4.09. The van der Waals surface area contributed by atoms with Gasteiger partial charge in [-0.25, -0.2) is 0 Å². The largest absolute Gasteiger partial charge is 0.362 e. The lowest BCUT2D eigenvalue weighted by molar-refractivity contribution is -0.127. The molecule has 0 saturated carbocycles. The highest BCUT2D eigenvalue weighted by atomic mass is 16.2. The number of hydrogen-bond acceptors (Lipinski definition) is 3. The van der Waals surface area contributed by atoms with Crippen molar-refractivity contribution in [1.29, 1.82) is 0 Å². The Morgan fingerprint density at radius 2 is 2.00 bits per heavy atom. The van der Waals surface area contributed by atoms with Gasteiger partial charge in [-0.2, -0.15) is 0 Å². The summed E-state index contributed by atoms with van der Waals surface area (Å²) in [7, 11) is 3.52. The van der Waals surface area contributed by atoms with Crippen LogP contribution in [0, 0.1) is 6.92 Å². The molecule has 0 aliphatic heterocycles. The number of anilines is 1. The van der Waals surface area contributed by atoms with Crippen molar-refractivity contribution in [1.82, 2.24) is 4.90 Å². The van der Waals surface area contributed by atoms with E-state index < -0.39 is 0 Å². The van der Waals surface area contributed by atoms with Gasteiger partial charge in [-0.15, -0.1) is 0 Å². The molecule has 19 heavy (non-hydrogen) atoms. The van der Waals surface area contributed by atoms with Crippen LogP contribution >= 0.6 is 0 Å². The molecule has 0 aromatic heterocycles. The summed E-state index contributed by atoms with van der Waals surface area (Å²) in [6.07, 6.45) is 1.81. The smallest absolute Gasteiger partial charge is 0.241 e. The van der Waals surface area contributed by atoms with Gasteiger partial charge in [0.25, 0.3) is 0 Å². The normalized spacial score (nSPS) is 10.1. The molecular formula is C15H22N2O2. The summed E-state index contributed by atoms with van der Waals surface area (Å²) >= 11 is 0. The monoisotopic (exact) mass is 262 g/mol. The van der Waals surface area contributed by atoms with Crippen molar-refractivity contribution in [3.63, 3.8) is 0 Å². The first-order valence-electron chi connectivity index (χ1n) is 6.50. The third-order valence-corrected chi connectivity index (χ3v) is 3.02.